The van der Waals surface area contributed by atoms with Gasteiger partial charge in [-0.05, 0) is 29.8 Å². The van der Waals surface area contributed by atoms with E-state index in [1.807, 2.05) is 30.5 Å². The van der Waals surface area contributed by atoms with E-state index in [9.17, 15) is 0 Å². The van der Waals surface area contributed by atoms with Crippen LogP contribution in [-0.2, 0) is 12.3 Å². The van der Waals surface area contributed by atoms with Crippen LogP contribution in [0.15, 0.2) is 47.8 Å². The zero-order valence-electron chi connectivity index (χ0n) is 8.84. The third-order valence-electron chi connectivity index (χ3n) is 2.15. The maximum Gasteiger partial charge on any atom is 0.0542 e. The Morgan fingerprint density at radius 2 is 1.94 bits per heavy atom. The van der Waals surface area contributed by atoms with Gasteiger partial charge in [0.1, 0.15) is 0 Å². The molecule has 0 radical (unpaired) electrons. The normalized spacial score (nSPS) is 10.3. The average Bonchev–Trinajstić information content (AvgIpc) is 2.38. The second-order valence-electron chi connectivity index (χ2n) is 3.33. The van der Waals surface area contributed by atoms with Crippen molar-refractivity contribution < 1.29 is 0 Å². The smallest absolute Gasteiger partial charge is 0.0542 e. The van der Waals surface area contributed by atoms with Gasteiger partial charge < -0.3 is 5.73 Å². The summed E-state index contributed by atoms with van der Waals surface area (Å²) in [5.74, 6) is 0.930. The lowest BCUT2D eigenvalue weighted by atomic mass is 10.2. The van der Waals surface area contributed by atoms with Crippen LogP contribution in [0, 0.1) is 0 Å². The first kappa shape index (κ1) is 11.1. The van der Waals surface area contributed by atoms with Crippen molar-refractivity contribution in [3.63, 3.8) is 0 Å². The molecule has 2 aromatic heterocycles. The molecular formula is C12H13N3S. The Balaban J connectivity index is 1.99. The summed E-state index contributed by atoms with van der Waals surface area (Å²) < 4.78 is 0. The first-order valence-electron chi connectivity index (χ1n) is 5.05. The summed E-state index contributed by atoms with van der Waals surface area (Å²) >= 11 is 1.78. The third-order valence-corrected chi connectivity index (χ3v) is 3.23. The standard InChI is InChI=1S/C12H13N3S/c13-8-11-7-10(1-6-15-11)9-16-12-2-4-14-5-3-12/h1-7H,8-9,13H2. The van der Waals surface area contributed by atoms with Gasteiger partial charge in [-0.1, -0.05) is 0 Å². The Kier molecular flexibility index (Phi) is 3.91. The SMILES string of the molecule is NCc1cc(CSc2ccncc2)ccn1. The number of hydrogen-bond donors (Lipinski definition) is 1. The number of hydrogen-bond acceptors (Lipinski definition) is 4. The molecule has 0 aromatic carbocycles. The first-order valence-corrected chi connectivity index (χ1v) is 6.04. The van der Waals surface area contributed by atoms with Crippen molar-refractivity contribution in [3.05, 3.63) is 54.1 Å². The van der Waals surface area contributed by atoms with Gasteiger partial charge in [0.25, 0.3) is 0 Å². The van der Waals surface area contributed by atoms with Crippen LogP contribution in [0.5, 0.6) is 0 Å². The van der Waals surface area contributed by atoms with Gasteiger partial charge in [0, 0.05) is 35.8 Å². The molecule has 0 saturated carbocycles. The summed E-state index contributed by atoms with van der Waals surface area (Å²) in [7, 11) is 0. The lowest BCUT2D eigenvalue weighted by Gasteiger charge is -2.03. The van der Waals surface area contributed by atoms with Crippen LogP contribution >= 0.6 is 11.8 Å². The van der Waals surface area contributed by atoms with Gasteiger partial charge in [0.2, 0.25) is 0 Å². The molecule has 2 heterocycles. The fraction of sp³-hybridized carbons (Fsp3) is 0.167. The van der Waals surface area contributed by atoms with Gasteiger partial charge in [0.05, 0.1) is 5.69 Å². The molecule has 0 saturated heterocycles. The highest BCUT2D eigenvalue weighted by atomic mass is 32.2. The van der Waals surface area contributed by atoms with E-state index in [4.69, 9.17) is 5.73 Å². The second kappa shape index (κ2) is 5.63. The number of aromatic nitrogens is 2. The molecule has 0 amide bonds. The molecule has 0 bridgehead atoms. The summed E-state index contributed by atoms with van der Waals surface area (Å²) in [6.45, 7) is 0.494. The lowest BCUT2D eigenvalue weighted by molar-refractivity contribution is 0.983. The molecular weight excluding hydrogens is 218 g/mol. The van der Waals surface area contributed by atoms with Crippen LogP contribution in [0.1, 0.15) is 11.3 Å². The van der Waals surface area contributed by atoms with E-state index in [-0.39, 0.29) is 0 Å². The molecule has 0 spiro atoms. The summed E-state index contributed by atoms with van der Waals surface area (Å²) in [4.78, 5) is 9.38. The zero-order chi connectivity index (χ0) is 11.2. The summed E-state index contributed by atoms with van der Waals surface area (Å²) in [5.41, 5.74) is 7.73. The largest absolute Gasteiger partial charge is 0.325 e. The maximum atomic E-state index is 5.55. The monoisotopic (exact) mass is 231 g/mol. The number of nitrogens with zero attached hydrogens (tertiary/aromatic N) is 2. The molecule has 0 unspecified atom stereocenters. The fourth-order valence-electron chi connectivity index (χ4n) is 1.33. The van der Waals surface area contributed by atoms with Crippen molar-refractivity contribution in [1.29, 1.82) is 0 Å². The molecule has 0 atom stereocenters. The van der Waals surface area contributed by atoms with Crippen LogP contribution in [0.2, 0.25) is 0 Å². The number of nitrogens with two attached hydrogens (primary N) is 1. The molecule has 2 rings (SSSR count). The Morgan fingerprint density at radius 3 is 2.69 bits per heavy atom. The van der Waals surface area contributed by atoms with Crippen molar-refractivity contribution in [3.8, 4) is 0 Å². The highest BCUT2D eigenvalue weighted by molar-refractivity contribution is 7.98. The predicted molar refractivity (Wildman–Crippen MR) is 65.9 cm³/mol. The van der Waals surface area contributed by atoms with Crippen molar-refractivity contribution >= 4 is 11.8 Å². The van der Waals surface area contributed by atoms with E-state index in [1.54, 1.807) is 24.2 Å². The Bertz CT molecular complexity index is 445. The van der Waals surface area contributed by atoms with E-state index in [1.165, 1.54) is 10.5 Å². The molecule has 2 N–H and O–H groups in total. The summed E-state index contributed by atoms with van der Waals surface area (Å²) in [6.07, 6.45) is 5.42. The first-order chi connectivity index (χ1) is 7.88. The minimum atomic E-state index is 0.494. The molecule has 0 aliphatic heterocycles. The van der Waals surface area contributed by atoms with Crippen LogP contribution in [0.4, 0.5) is 0 Å². The highest BCUT2D eigenvalue weighted by Gasteiger charge is 1.97. The zero-order valence-corrected chi connectivity index (χ0v) is 9.65. The van der Waals surface area contributed by atoms with Crippen LogP contribution in [-0.4, -0.2) is 9.97 Å². The van der Waals surface area contributed by atoms with E-state index in [0.717, 1.165) is 11.4 Å². The van der Waals surface area contributed by atoms with E-state index < -0.39 is 0 Å². The van der Waals surface area contributed by atoms with E-state index in [2.05, 4.69) is 9.97 Å². The van der Waals surface area contributed by atoms with E-state index >= 15 is 0 Å². The van der Waals surface area contributed by atoms with E-state index in [0.29, 0.717) is 6.54 Å². The molecule has 4 heteroatoms. The summed E-state index contributed by atoms with van der Waals surface area (Å²) in [6, 6.07) is 8.09. The Labute approximate surface area is 99.1 Å². The molecule has 16 heavy (non-hydrogen) atoms. The van der Waals surface area contributed by atoms with Crippen LogP contribution < -0.4 is 5.73 Å². The average molecular weight is 231 g/mol. The molecule has 0 fully saturated rings. The second-order valence-corrected chi connectivity index (χ2v) is 4.38. The molecule has 2 aromatic rings. The van der Waals surface area contributed by atoms with Gasteiger partial charge in [-0.2, -0.15) is 0 Å². The summed E-state index contributed by atoms with van der Waals surface area (Å²) in [5, 5.41) is 0. The number of pyridine rings is 2. The Morgan fingerprint density at radius 1 is 1.12 bits per heavy atom. The maximum absolute atomic E-state index is 5.55. The minimum absolute atomic E-state index is 0.494. The van der Waals surface area contributed by atoms with Crippen LogP contribution in [0.3, 0.4) is 0 Å². The quantitative estimate of drug-likeness (QED) is 0.820. The highest BCUT2D eigenvalue weighted by Crippen LogP contribution is 2.21. The number of rotatable bonds is 4. The minimum Gasteiger partial charge on any atom is -0.325 e. The molecule has 82 valence electrons. The van der Waals surface area contributed by atoms with Gasteiger partial charge in [-0.3, -0.25) is 9.97 Å². The predicted octanol–water partition coefficient (Wildman–Crippen LogP) is 2.23. The molecule has 3 nitrogen and oxygen atoms in total. The van der Waals surface area contributed by atoms with Gasteiger partial charge in [0.15, 0.2) is 0 Å². The van der Waals surface area contributed by atoms with Crippen molar-refractivity contribution in [2.24, 2.45) is 5.73 Å². The van der Waals surface area contributed by atoms with Gasteiger partial charge in [-0.15, -0.1) is 11.8 Å². The van der Waals surface area contributed by atoms with Gasteiger partial charge in [-0.25, -0.2) is 0 Å². The fourth-order valence-corrected chi connectivity index (χ4v) is 2.16. The lowest BCUT2D eigenvalue weighted by Crippen LogP contribution is -1.99. The molecule has 0 aliphatic carbocycles. The van der Waals surface area contributed by atoms with Crippen molar-refractivity contribution in [1.82, 2.24) is 9.97 Å². The number of thioether (sulfide) groups is 1. The van der Waals surface area contributed by atoms with Crippen molar-refractivity contribution in [2.75, 3.05) is 0 Å². The van der Waals surface area contributed by atoms with Crippen LogP contribution in [0.25, 0.3) is 0 Å². The van der Waals surface area contributed by atoms with Gasteiger partial charge >= 0.3 is 0 Å². The Hall–Kier alpha value is -1.39. The van der Waals surface area contributed by atoms with Crippen molar-refractivity contribution in [2.45, 2.75) is 17.2 Å². The molecule has 0 aliphatic rings. The third kappa shape index (κ3) is 3.05. The topological polar surface area (TPSA) is 51.8 Å².